The number of methoxy groups -OCH3 is 1. The molecule has 1 unspecified atom stereocenters. The Morgan fingerprint density at radius 3 is 2.71 bits per heavy atom. The molecule has 0 aliphatic carbocycles. The minimum absolute atomic E-state index is 0.0505. The summed E-state index contributed by atoms with van der Waals surface area (Å²) in [6.45, 7) is 3.01. The lowest BCUT2D eigenvalue weighted by Gasteiger charge is -2.29. The van der Waals surface area contributed by atoms with E-state index < -0.39 is 5.54 Å². The smallest absolute Gasteiger partial charge is 0.126 e. The fourth-order valence-electron chi connectivity index (χ4n) is 1.69. The van der Waals surface area contributed by atoms with E-state index in [0.717, 1.165) is 0 Å². The summed E-state index contributed by atoms with van der Waals surface area (Å²) in [6.07, 6.45) is 0.444. The van der Waals surface area contributed by atoms with Crippen molar-refractivity contribution in [2.75, 3.05) is 26.9 Å². The average Bonchev–Trinajstić information content (AvgIpc) is 2.33. The molecule has 0 saturated carbocycles. The highest BCUT2D eigenvalue weighted by molar-refractivity contribution is 5.20. The Kier molecular flexibility index (Phi) is 5.55. The number of rotatable bonds is 7. The van der Waals surface area contributed by atoms with Crippen LogP contribution in [0.15, 0.2) is 24.3 Å². The number of nitrogens with one attached hydrogen (secondary N) is 1. The van der Waals surface area contributed by atoms with Gasteiger partial charge in [0, 0.05) is 19.2 Å². The molecule has 4 heteroatoms. The topological polar surface area (TPSA) is 41.5 Å². The average molecular weight is 241 g/mol. The summed E-state index contributed by atoms with van der Waals surface area (Å²) in [5.74, 6) is -0.235. The maximum Gasteiger partial charge on any atom is 0.126 e. The normalized spacial score (nSPS) is 14.6. The largest absolute Gasteiger partial charge is 0.394 e. The van der Waals surface area contributed by atoms with E-state index in [-0.39, 0.29) is 12.4 Å². The van der Waals surface area contributed by atoms with E-state index in [4.69, 9.17) is 4.74 Å². The lowest BCUT2D eigenvalue weighted by atomic mass is 9.93. The summed E-state index contributed by atoms with van der Waals surface area (Å²) in [7, 11) is 1.62. The van der Waals surface area contributed by atoms with Crippen LogP contribution >= 0.6 is 0 Å². The standard InChI is InChI=1S/C13H20FNO2/c1-13(10-16,15-7-8-17-2)9-11-5-3-4-6-12(11)14/h3-6,15-16H,7-10H2,1-2H3. The predicted octanol–water partition coefficient (Wildman–Crippen LogP) is 1.36. The lowest BCUT2D eigenvalue weighted by molar-refractivity contribution is 0.147. The van der Waals surface area contributed by atoms with Crippen molar-refractivity contribution in [3.8, 4) is 0 Å². The van der Waals surface area contributed by atoms with Gasteiger partial charge in [0.15, 0.2) is 0 Å². The number of halogens is 1. The zero-order valence-corrected chi connectivity index (χ0v) is 10.4. The first kappa shape index (κ1) is 14.1. The van der Waals surface area contributed by atoms with Gasteiger partial charge in [-0.05, 0) is 25.0 Å². The third kappa shape index (κ3) is 4.42. The maximum absolute atomic E-state index is 13.5. The first-order valence-corrected chi connectivity index (χ1v) is 5.69. The van der Waals surface area contributed by atoms with Crippen molar-refractivity contribution >= 4 is 0 Å². The van der Waals surface area contributed by atoms with Gasteiger partial charge in [0.25, 0.3) is 0 Å². The van der Waals surface area contributed by atoms with Crippen LogP contribution in [0, 0.1) is 5.82 Å². The summed E-state index contributed by atoms with van der Waals surface area (Å²) in [5, 5.41) is 12.6. The van der Waals surface area contributed by atoms with Gasteiger partial charge in [-0.1, -0.05) is 18.2 Å². The first-order valence-electron chi connectivity index (χ1n) is 5.69. The number of ether oxygens (including phenoxy) is 1. The third-order valence-corrected chi connectivity index (χ3v) is 2.75. The van der Waals surface area contributed by atoms with E-state index in [0.29, 0.717) is 25.1 Å². The van der Waals surface area contributed by atoms with Gasteiger partial charge in [0.05, 0.1) is 13.2 Å². The lowest BCUT2D eigenvalue weighted by Crippen LogP contribution is -2.49. The zero-order valence-electron chi connectivity index (χ0n) is 10.4. The molecule has 17 heavy (non-hydrogen) atoms. The van der Waals surface area contributed by atoms with Crippen molar-refractivity contribution in [1.82, 2.24) is 5.32 Å². The fraction of sp³-hybridized carbons (Fsp3) is 0.538. The molecule has 96 valence electrons. The molecule has 3 nitrogen and oxygen atoms in total. The molecular weight excluding hydrogens is 221 g/mol. The Balaban J connectivity index is 2.65. The van der Waals surface area contributed by atoms with E-state index >= 15 is 0 Å². The highest BCUT2D eigenvalue weighted by Crippen LogP contribution is 2.15. The van der Waals surface area contributed by atoms with Crippen molar-refractivity contribution in [3.05, 3.63) is 35.6 Å². The molecule has 1 aromatic carbocycles. The number of benzene rings is 1. The van der Waals surface area contributed by atoms with Crippen molar-refractivity contribution in [3.63, 3.8) is 0 Å². The minimum Gasteiger partial charge on any atom is -0.394 e. The Morgan fingerprint density at radius 2 is 2.12 bits per heavy atom. The van der Waals surface area contributed by atoms with E-state index in [1.807, 2.05) is 6.92 Å². The first-order chi connectivity index (χ1) is 8.11. The molecule has 0 radical (unpaired) electrons. The summed E-state index contributed by atoms with van der Waals surface area (Å²) < 4.78 is 18.4. The molecule has 0 saturated heterocycles. The van der Waals surface area contributed by atoms with Crippen molar-refractivity contribution in [1.29, 1.82) is 0 Å². The van der Waals surface area contributed by atoms with Gasteiger partial charge in [-0.2, -0.15) is 0 Å². The van der Waals surface area contributed by atoms with Crippen LogP contribution < -0.4 is 5.32 Å². The van der Waals surface area contributed by atoms with Crippen molar-refractivity contribution in [2.45, 2.75) is 18.9 Å². The van der Waals surface area contributed by atoms with Gasteiger partial charge in [-0.25, -0.2) is 4.39 Å². The Labute approximate surface area is 102 Å². The van der Waals surface area contributed by atoms with E-state index in [1.165, 1.54) is 6.07 Å². The maximum atomic E-state index is 13.5. The summed E-state index contributed by atoms with van der Waals surface area (Å²) in [4.78, 5) is 0. The quantitative estimate of drug-likeness (QED) is 0.708. The number of hydrogen-bond acceptors (Lipinski definition) is 3. The summed E-state index contributed by atoms with van der Waals surface area (Å²) in [6, 6.07) is 6.63. The number of hydrogen-bond donors (Lipinski definition) is 2. The molecule has 1 rings (SSSR count). The zero-order chi connectivity index (χ0) is 12.7. The van der Waals surface area contributed by atoms with Crippen LogP contribution in [0.3, 0.4) is 0 Å². The number of aliphatic hydroxyl groups is 1. The molecule has 1 atom stereocenters. The second kappa shape index (κ2) is 6.69. The van der Waals surface area contributed by atoms with Gasteiger partial charge in [0.1, 0.15) is 5.82 Å². The molecule has 0 aromatic heterocycles. The monoisotopic (exact) mass is 241 g/mol. The van der Waals surface area contributed by atoms with Gasteiger partial charge in [-0.3, -0.25) is 0 Å². The Morgan fingerprint density at radius 1 is 1.41 bits per heavy atom. The predicted molar refractivity (Wildman–Crippen MR) is 65.5 cm³/mol. The molecule has 1 aromatic rings. The molecule has 0 bridgehead atoms. The summed E-state index contributed by atoms with van der Waals surface area (Å²) >= 11 is 0. The van der Waals surface area contributed by atoms with Gasteiger partial charge in [0.2, 0.25) is 0 Å². The molecule has 2 N–H and O–H groups in total. The van der Waals surface area contributed by atoms with E-state index in [1.54, 1.807) is 25.3 Å². The highest BCUT2D eigenvalue weighted by atomic mass is 19.1. The van der Waals surface area contributed by atoms with Crippen LogP contribution in [-0.2, 0) is 11.2 Å². The molecule has 0 aliphatic rings. The molecule has 0 spiro atoms. The number of aliphatic hydroxyl groups excluding tert-OH is 1. The van der Waals surface area contributed by atoms with E-state index in [2.05, 4.69) is 5.32 Å². The molecule has 0 amide bonds. The van der Waals surface area contributed by atoms with Gasteiger partial charge >= 0.3 is 0 Å². The highest BCUT2D eigenvalue weighted by Gasteiger charge is 2.24. The molecule has 0 aliphatic heterocycles. The second-order valence-electron chi connectivity index (χ2n) is 4.41. The Hall–Kier alpha value is -0.970. The van der Waals surface area contributed by atoms with Crippen LogP contribution in [0.1, 0.15) is 12.5 Å². The van der Waals surface area contributed by atoms with Crippen LogP contribution in [0.2, 0.25) is 0 Å². The van der Waals surface area contributed by atoms with E-state index in [9.17, 15) is 9.50 Å². The molecule has 0 heterocycles. The van der Waals surface area contributed by atoms with Crippen molar-refractivity contribution in [2.24, 2.45) is 0 Å². The Bertz CT molecular complexity index is 346. The minimum atomic E-state index is -0.527. The van der Waals surface area contributed by atoms with Crippen LogP contribution in [0.25, 0.3) is 0 Å². The fourth-order valence-corrected chi connectivity index (χ4v) is 1.69. The third-order valence-electron chi connectivity index (χ3n) is 2.75. The van der Waals surface area contributed by atoms with Crippen LogP contribution in [-0.4, -0.2) is 37.5 Å². The van der Waals surface area contributed by atoms with Crippen LogP contribution in [0.4, 0.5) is 4.39 Å². The molecular formula is C13H20FNO2. The second-order valence-corrected chi connectivity index (χ2v) is 4.41. The SMILES string of the molecule is COCCNC(C)(CO)Cc1ccccc1F. The van der Waals surface area contributed by atoms with Crippen molar-refractivity contribution < 1.29 is 14.2 Å². The van der Waals surface area contributed by atoms with Crippen LogP contribution in [0.5, 0.6) is 0 Å². The molecule has 0 fully saturated rings. The summed E-state index contributed by atoms with van der Waals surface area (Å²) in [5.41, 5.74) is 0.0785. The van der Waals surface area contributed by atoms with Gasteiger partial charge in [-0.15, -0.1) is 0 Å². The van der Waals surface area contributed by atoms with Gasteiger partial charge < -0.3 is 15.2 Å².